The monoisotopic (exact) mass is 262 g/mol. The van der Waals surface area contributed by atoms with Crippen molar-refractivity contribution in [3.8, 4) is 0 Å². The summed E-state index contributed by atoms with van der Waals surface area (Å²) in [4.78, 5) is 14.2. The van der Waals surface area contributed by atoms with Gasteiger partial charge in [0, 0.05) is 30.4 Å². The van der Waals surface area contributed by atoms with E-state index in [9.17, 15) is 4.79 Å². The number of aliphatic hydroxyl groups excluding tert-OH is 1. The summed E-state index contributed by atoms with van der Waals surface area (Å²) in [5, 5.41) is 12.4. The Kier molecular flexibility index (Phi) is 4.43. The van der Waals surface area contributed by atoms with Crippen LogP contribution in [0.3, 0.4) is 0 Å². The highest BCUT2D eigenvalue weighted by Gasteiger charge is 2.19. The molecule has 0 fully saturated rings. The fourth-order valence-corrected chi connectivity index (χ4v) is 2.48. The summed E-state index contributed by atoms with van der Waals surface area (Å²) in [6.45, 7) is 5.31. The number of carbonyl (C=O) groups is 1. The first kappa shape index (κ1) is 13.9. The third-order valence-electron chi connectivity index (χ3n) is 3.52. The molecule has 2 rings (SSSR count). The minimum absolute atomic E-state index is 0.00239. The molecule has 104 valence electrons. The van der Waals surface area contributed by atoms with E-state index in [1.165, 1.54) is 5.56 Å². The van der Waals surface area contributed by atoms with Crippen molar-refractivity contribution >= 4 is 11.6 Å². The zero-order chi connectivity index (χ0) is 13.8. The molecule has 0 saturated carbocycles. The SMILES string of the molecule is CC(C)N(CCO)C(=O)c1ccc2c(c1)CCCN2. The molecule has 4 heteroatoms. The summed E-state index contributed by atoms with van der Waals surface area (Å²) in [5.74, 6) is -0.00239. The maximum atomic E-state index is 12.5. The number of benzene rings is 1. The van der Waals surface area contributed by atoms with Crippen molar-refractivity contribution in [2.45, 2.75) is 32.7 Å². The first-order chi connectivity index (χ1) is 9.13. The van der Waals surface area contributed by atoms with Gasteiger partial charge in [-0.2, -0.15) is 0 Å². The molecular formula is C15H22N2O2. The normalized spacial score (nSPS) is 13.9. The standard InChI is InChI=1S/C15H22N2O2/c1-11(2)17(8-9-18)15(19)13-5-6-14-12(10-13)4-3-7-16-14/h5-6,10-11,16,18H,3-4,7-9H2,1-2H3. The van der Waals surface area contributed by atoms with E-state index in [1.807, 2.05) is 32.0 Å². The van der Waals surface area contributed by atoms with Crippen molar-refractivity contribution in [1.82, 2.24) is 4.90 Å². The molecule has 0 bridgehead atoms. The number of aryl methyl sites for hydroxylation is 1. The molecular weight excluding hydrogens is 240 g/mol. The van der Waals surface area contributed by atoms with Crippen LogP contribution in [0.1, 0.15) is 36.2 Å². The van der Waals surface area contributed by atoms with E-state index in [4.69, 9.17) is 5.11 Å². The van der Waals surface area contributed by atoms with E-state index >= 15 is 0 Å². The zero-order valence-electron chi connectivity index (χ0n) is 11.6. The lowest BCUT2D eigenvalue weighted by molar-refractivity contribution is 0.0665. The lowest BCUT2D eigenvalue weighted by Gasteiger charge is -2.27. The van der Waals surface area contributed by atoms with Crippen LogP contribution < -0.4 is 5.32 Å². The largest absolute Gasteiger partial charge is 0.395 e. The first-order valence-corrected chi connectivity index (χ1v) is 6.92. The number of anilines is 1. The number of hydrogen-bond donors (Lipinski definition) is 2. The van der Waals surface area contributed by atoms with E-state index in [1.54, 1.807) is 4.90 Å². The van der Waals surface area contributed by atoms with Crippen molar-refractivity contribution in [1.29, 1.82) is 0 Å². The molecule has 2 N–H and O–H groups in total. The number of nitrogens with one attached hydrogen (secondary N) is 1. The molecule has 0 unspecified atom stereocenters. The number of carbonyl (C=O) groups excluding carboxylic acids is 1. The van der Waals surface area contributed by atoms with E-state index in [0.717, 1.165) is 25.1 Å². The Morgan fingerprint density at radius 1 is 1.47 bits per heavy atom. The number of rotatable bonds is 4. The van der Waals surface area contributed by atoms with Crippen LogP contribution in [0, 0.1) is 0 Å². The second-order valence-corrected chi connectivity index (χ2v) is 5.22. The summed E-state index contributed by atoms with van der Waals surface area (Å²) in [6, 6.07) is 5.93. The first-order valence-electron chi connectivity index (χ1n) is 6.92. The molecule has 1 aliphatic rings. The third kappa shape index (κ3) is 3.07. The van der Waals surface area contributed by atoms with Gasteiger partial charge in [0.15, 0.2) is 0 Å². The number of nitrogens with zero attached hydrogens (tertiary/aromatic N) is 1. The van der Waals surface area contributed by atoms with Crippen molar-refractivity contribution in [2.24, 2.45) is 0 Å². The maximum Gasteiger partial charge on any atom is 0.254 e. The molecule has 0 aliphatic carbocycles. The number of aliphatic hydroxyl groups is 1. The van der Waals surface area contributed by atoms with Crippen LogP contribution in [0.5, 0.6) is 0 Å². The van der Waals surface area contributed by atoms with Crippen LogP contribution in [0.2, 0.25) is 0 Å². The molecule has 1 amide bonds. The Balaban J connectivity index is 2.22. The van der Waals surface area contributed by atoms with Crippen LogP contribution in [0.15, 0.2) is 18.2 Å². The van der Waals surface area contributed by atoms with Gasteiger partial charge in [0.2, 0.25) is 0 Å². The van der Waals surface area contributed by atoms with E-state index in [2.05, 4.69) is 5.32 Å². The van der Waals surface area contributed by atoms with Crippen LogP contribution in [0.25, 0.3) is 0 Å². The molecule has 0 spiro atoms. The van der Waals surface area contributed by atoms with Crippen LogP contribution in [0.4, 0.5) is 5.69 Å². The molecule has 1 aromatic carbocycles. The molecule has 0 atom stereocenters. The van der Waals surface area contributed by atoms with Gasteiger partial charge >= 0.3 is 0 Å². The highest BCUT2D eigenvalue weighted by atomic mass is 16.3. The Morgan fingerprint density at radius 2 is 2.26 bits per heavy atom. The van der Waals surface area contributed by atoms with Crippen molar-refractivity contribution in [2.75, 3.05) is 25.0 Å². The summed E-state index contributed by atoms with van der Waals surface area (Å²) < 4.78 is 0. The van der Waals surface area contributed by atoms with Gasteiger partial charge in [-0.15, -0.1) is 0 Å². The molecule has 0 radical (unpaired) electrons. The zero-order valence-corrected chi connectivity index (χ0v) is 11.6. The van der Waals surface area contributed by atoms with Gasteiger partial charge in [-0.05, 0) is 50.5 Å². The van der Waals surface area contributed by atoms with Gasteiger partial charge in [-0.1, -0.05) is 0 Å². The number of fused-ring (bicyclic) bond motifs is 1. The smallest absolute Gasteiger partial charge is 0.254 e. The second-order valence-electron chi connectivity index (χ2n) is 5.22. The van der Waals surface area contributed by atoms with Gasteiger partial charge < -0.3 is 15.3 Å². The molecule has 4 nitrogen and oxygen atoms in total. The average molecular weight is 262 g/mol. The van der Waals surface area contributed by atoms with Gasteiger partial charge in [-0.3, -0.25) is 4.79 Å². The van der Waals surface area contributed by atoms with Crippen LogP contribution in [-0.4, -0.2) is 41.7 Å². The summed E-state index contributed by atoms with van der Waals surface area (Å²) in [5.41, 5.74) is 3.07. The van der Waals surface area contributed by atoms with Crippen molar-refractivity contribution in [3.05, 3.63) is 29.3 Å². The minimum atomic E-state index is -0.00356. The summed E-state index contributed by atoms with van der Waals surface area (Å²) >= 11 is 0. The Morgan fingerprint density at radius 3 is 2.95 bits per heavy atom. The molecule has 0 saturated heterocycles. The fourth-order valence-electron chi connectivity index (χ4n) is 2.48. The summed E-state index contributed by atoms with van der Waals surface area (Å²) in [7, 11) is 0. The predicted octanol–water partition coefficient (Wildman–Crippen LogP) is 1.89. The Hall–Kier alpha value is -1.55. The highest BCUT2D eigenvalue weighted by Crippen LogP contribution is 2.23. The minimum Gasteiger partial charge on any atom is -0.395 e. The molecule has 1 aromatic rings. The topological polar surface area (TPSA) is 52.6 Å². The van der Waals surface area contributed by atoms with Crippen molar-refractivity contribution in [3.63, 3.8) is 0 Å². The summed E-state index contributed by atoms with van der Waals surface area (Å²) in [6.07, 6.45) is 2.13. The van der Waals surface area contributed by atoms with E-state index < -0.39 is 0 Å². The lowest BCUT2D eigenvalue weighted by Crippen LogP contribution is -2.39. The molecule has 0 aromatic heterocycles. The number of hydrogen-bond acceptors (Lipinski definition) is 3. The second kappa shape index (κ2) is 6.06. The van der Waals surface area contributed by atoms with Crippen molar-refractivity contribution < 1.29 is 9.90 Å². The quantitative estimate of drug-likeness (QED) is 0.871. The van der Waals surface area contributed by atoms with Gasteiger partial charge in [-0.25, -0.2) is 0 Å². The average Bonchev–Trinajstić information content (AvgIpc) is 2.43. The predicted molar refractivity (Wildman–Crippen MR) is 76.5 cm³/mol. The lowest BCUT2D eigenvalue weighted by atomic mass is 10.00. The Labute approximate surface area is 114 Å². The maximum absolute atomic E-state index is 12.5. The molecule has 1 heterocycles. The molecule has 19 heavy (non-hydrogen) atoms. The van der Waals surface area contributed by atoms with Crippen LogP contribution >= 0.6 is 0 Å². The van der Waals surface area contributed by atoms with E-state index in [0.29, 0.717) is 12.1 Å². The third-order valence-corrected chi connectivity index (χ3v) is 3.52. The highest BCUT2D eigenvalue weighted by molar-refractivity contribution is 5.95. The van der Waals surface area contributed by atoms with E-state index in [-0.39, 0.29) is 18.6 Å². The Bertz CT molecular complexity index is 457. The van der Waals surface area contributed by atoms with Crippen LogP contribution in [-0.2, 0) is 6.42 Å². The number of amides is 1. The van der Waals surface area contributed by atoms with Gasteiger partial charge in [0.05, 0.1) is 6.61 Å². The van der Waals surface area contributed by atoms with Gasteiger partial charge in [0.1, 0.15) is 0 Å². The fraction of sp³-hybridized carbons (Fsp3) is 0.533. The van der Waals surface area contributed by atoms with Gasteiger partial charge in [0.25, 0.3) is 5.91 Å². The molecule has 1 aliphatic heterocycles.